The van der Waals surface area contributed by atoms with Crippen molar-refractivity contribution in [3.8, 4) is 0 Å². The first kappa shape index (κ1) is 52.9. The molecule has 4 N–H and O–H groups in total. The molecule has 12 nitrogen and oxygen atoms in total. The van der Waals surface area contributed by atoms with E-state index in [0.29, 0.717) is 12.8 Å². The summed E-state index contributed by atoms with van der Waals surface area (Å²) in [5.41, 5.74) is 0. The molecule has 6 atom stereocenters. The van der Waals surface area contributed by atoms with Gasteiger partial charge in [0.05, 0.1) is 6.61 Å². The molecule has 0 aliphatic carbocycles. The van der Waals surface area contributed by atoms with Crippen molar-refractivity contribution in [2.75, 3.05) is 19.0 Å². The average molecular weight is 831 g/mol. The van der Waals surface area contributed by atoms with E-state index < -0.39 is 71.2 Å². The number of aliphatic hydroxyl groups is 3. The van der Waals surface area contributed by atoms with E-state index in [2.05, 4.69) is 50.3 Å². The maximum Gasteiger partial charge on any atom is 0.306 e. The van der Waals surface area contributed by atoms with Crippen molar-refractivity contribution >= 4 is 22.1 Å². The molecule has 57 heavy (non-hydrogen) atoms. The van der Waals surface area contributed by atoms with Crippen molar-refractivity contribution in [1.82, 2.24) is 0 Å². The fraction of sp³-hybridized carbons (Fsp3) is 0.818. The lowest BCUT2D eigenvalue weighted by Crippen LogP contribution is -2.60. The third kappa shape index (κ3) is 29.7. The zero-order valence-corrected chi connectivity index (χ0v) is 36.0. The summed E-state index contributed by atoms with van der Waals surface area (Å²) in [6.07, 6.45) is 29.1. The highest BCUT2D eigenvalue weighted by molar-refractivity contribution is 7.85. The van der Waals surface area contributed by atoms with Gasteiger partial charge in [-0.05, 0) is 64.2 Å². The summed E-state index contributed by atoms with van der Waals surface area (Å²) in [7, 11) is -4.60. The molecule has 1 aliphatic rings. The zero-order valence-electron chi connectivity index (χ0n) is 35.2. The van der Waals surface area contributed by atoms with Gasteiger partial charge in [-0.3, -0.25) is 14.1 Å². The third-order valence-corrected chi connectivity index (χ3v) is 10.7. The van der Waals surface area contributed by atoms with Crippen molar-refractivity contribution in [2.45, 2.75) is 211 Å². The number of rotatable bonds is 36. The minimum Gasteiger partial charge on any atom is -0.462 e. The van der Waals surface area contributed by atoms with Crippen LogP contribution in [-0.4, -0.2) is 96.0 Å². The van der Waals surface area contributed by atoms with E-state index in [-0.39, 0.29) is 19.4 Å². The van der Waals surface area contributed by atoms with Gasteiger partial charge in [0, 0.05) is 12.8 Å². The zero-order chi connectivity index (χ0) is 42.0. The standard InChI is InChI=1S/C44H78O12S/c1-3-5-7-9-11-13-15-17-18-19-21-22-24-26-28-30-32-39(45)53-34-37(35-54-44-43(49)42(48)41(47)38(56-44)36-57(50,51)52)55-40(46)33-31-29-27-25-23-20-16-14-12-10-8-6-4-2/h8,10,14,16,18-19,37-38,41-44,47-49H,3-7,9,11-13,15,17,20-36H2,1-2H3,(H,50,51,52)/b10-8-,16-14-,19-18-. The van der Waals surface area contributed by atoms with Gasteiger partial charge in [0.1, 0.15) is 36.8 Å². The number of carbonyl (C=O) groups is 2. The highest BCUT2D eigenvalue weighted by atomic mass is 32.2. The molecule has 0 aromatic carbocycles. The molecule has 0 radical (unpaired) electrons. The summed E-state index contributed by atoms with van der Waals surface area (Å²) in [4.78, 5) is 25.3. The molecule has 13 heteroatoms. The van der Waals surface area contributed by atoms with E-state index in [1.807, 2.05) is 0 Å². The quantitative estimate of drug-likeness (QED) is 0.0204. The Morgan fingerprint density at radius 2 is 1.09 bits per heavy atom. The van der Waals surface area contributed by atoms with Crippen LogP contribution in [0.3, 0.4) is 0 Å². The second kappa shape index (κ2) is 34.7. The first-order valence-corrected chi connectivity index (χ1v) is 23.7. The normalized spacial score (nSPS) is 20.8. The molecule has 6 unspecified atom stereocenters. The largest absolute Gasteiger partial charge is 0.462 e. The Morgan fingerprint density at radius 3 is 1.63 bits per heavy atom. The molecular formula is C44H78O12S. The summed E-state index contributed by atoms with van der Waals surface area (Å²) < 4.78 is 54.0. The molecule has 0 aromatic rings. The number of ether oxygens (including phenoxy) is 4. The van der Waals surface area contributed by atoms with Crippen LogP contribution in [0, 0.1) is 0 Å². The molecule has 332 valence electrons. The van der Waals surface area contributed by atoms with E-state index in [1.54, 1.807) is 0 Å². The number of aliphatic hydroxyl groups excluding tert-OH is 3. The van der Waals surface area contributed by atoms with Crippen LogP contribution in [0.2, 0.25) is 0 Å². The molecule has 0 aromatic heterocycles. The van der Waals surface area contributed by atoms with Gasteiger partial charge in [0.2, 0.25) is 0 Å². The number of allylic oxidation sites excluding steroid dienone is 6. The maximum absolute atomic E-state index is 12.8. The summed E-state index contributed by atoms with van der Waals surface area (Å²) >= 11 is 0. The second-order valence-corrected chi connectivity index (χ2v) is 16.9. The van der Waals surface area contributed by atoms with Gasteiger partial charge in [0.15, 0.2) is 12.4 Å². The smallest absolute Gasteiger partial charge is 0.306 e. The molecular weight excluding hydrogens is 753 g/mol. The lowest BCUT2D eigenvalue weighted by atomic mass is 10.00. The Balaban J connectivity index is 2.47. The van der Waals surface area contributed by atoms with Crippen molar-refractivity contribution < 1.29 is 56.8 Å². The second-order valence-electron chi connectivity index (χ2n) is 15.4. The van der Waals surface area contributed by atoms with Crippen LogP contribution in [0.15, 0.2) is 36.5 Å². The van der Waals surface area contributed by atoms with Crippen LogP contribution in [0.25, 0.3) is 0 Å². The van der Waals surface area contributed by atoms with Gasteiger partial charge in [-0.15, -0.1) is 0 Å². The molecule has 0 saturated carbocycles. The third-order valence-electron chi connectivity index (χ3n) is 9.92. The Kier molecular flexibility index (Phi) is 32.2. The summed E-state index contributed by atoms with van der Waals surface area (Å²) in [6, 6.07) is 0. The van der Waals surface area contributed by atoms with Crippen LogP contribution in [0.5, 0.6) is 0 Å². The lowest BCUT2D eigenvalue weighted by Gasteiger charge is -2.40. The van der Waals surface area contributed by atoms with Crippen molar-refractivity contribution in [1.29, 1.82) is 0 Å². The van der Waals surface area contributed by atoms with Gasteiger partial charge < -0.3 is 34.3 Å². The first-order valence-electron chi connectivity index (χ1n) is 22.0. The molecule has 0 amide bonds. The first-order chi connectivity index (χ1) is 27.5. The van der Waals surface area contributed by atoms with E-state index in [0.717, 1.165) is 89.9 Å². The Hall–Kier alpha value is -2.13. The van der Waals surface area contributed by atoms with Gasteiger partial charge >= 0.3 is 11.9 Å². The van der Waals surface area contributed by atoms with Crippen molar-refractivity contribution in [2.24, 2.45) is 0 Å². The topological polar surface area (TPSA) is 186 Å². The molecule has 0 spiro atoms. The summed E-state index contributed by atoms with van der Waals surface area (Å²) in [5, 5.41) is 30.8. The Bertz CT molecular complexity index is 1200. The van der Waals surface area contributed by atoms with Gasteiger partial charge in [-0.1, -0.05) is 134 Å². The van der Waals surface area contributed by atoms with Crippen molar-refractivity contribution in [3.63, 3.8) is 0 Å². The highest BCUT2D eigenvalue weighted by Crippen LogP contribution is 2.24. The maximum atomic E-state index is 12.8. The molecule has 1 saturated heterocycles. The number of unbranched alkanes of at least 4 members (excludes halogenated alkanes) is 18. The highest BCUT2D eigenvalue weighted by Gasteiger charge is 2.46. The van der Waals surface area contributed by atoms with Crippen molar-refractivity contribution in [3.05, 3.63) is 36.5 Å². The summed E-state index contributed by atoms with van der Waals surface area (Å²) in [5.74, 6) is -2.01. The van der Waals surface area contributed by atoms with Crippen LogP contribution < -0.4 is 0 Å². The molecule has 1 heterocycles. The van der Waals surface area contributed by atoms with Gasteiger partial charge in [-0.25, -0.2) is 0 Å². The summed E-state index contributed by atoms with van der Waals surface area (Å²) in [6.45, 7) is 3.66. The molecule has 0 bridgehead atoms. The van der Waals surface area contributed by atoms with E-state index in [9.17, 15) is 37.9 Å². The Morgan fingerprint density at radius 1 is 0.596 bits per heavy atom. The van der Waals surface area contributed by atoms with E-state index in [4.69, 9.17) is 18.9 Å². The fourth-order valence-corrected chi connectivity index (χ4v) is 7.16. The van der Waals surface area contributed by atoms with Crippen LogP contribution in [-0.2, 0) is 38.7 Å². The van der Waals surface area contributed by atoms with E-state index >= 15 is 0 Å². The van der Waals surface area contributed by atoms with Crippen LogP contribution in [0.1, 0.15) is 174 Å². The fourth-order valence-electron chi connectivity index (χ4n) is 6.47. The predicted molar refractivity (Wildman–Crippen MR) is 224 cm³/mol. The Labute approximate surface area is 344 Å². The minimum atomic E-state index is -4.60. The molecule has 1 aliphatic heterocycles. The predicted octanol–water partition coefficient (Wildman–Crippen LogP) is 8.61. The van der Waals surface area contributed by atoms with Gasteiger partial charge in [0.25, 0.3) is 10.1 Å². The molecule has 1 fully saturated rings. The minimum absolute atomic E-state index is 0.146. The van der Waals surface area contributed by atoms with Crippen LogP contribution in [0.4, 0.5) is 0 Å². The number of carbonyl (C=O) groups excluding carboxylic acids is 2. The number of esters is 2. The van der Waals surface area contributed by atoms with Crippen LogP contribution >= 0.6 is 0 Å². The lowest BCUT2D eigenvalue weighted by molar-refractivity contribution is -0.297. The molecule has 1 rings (SSSR count). The van der Waals surface area contributed by atoms with E-state index in [1.165, 1.54) is 44.9 Å². The SMILES string of the molecule is CCC/C=C\C/C=C\CCCCCCCC(=O)OC(COC(=O)CCCCCCC/C=C\CCCCCCCCC)COC1OC(CS(=O)(=O)O)C(O)C(O)C1O. The monoisotopic (exact) mass is 831 g/mol. The average Bonchev–Trinajstić information content (AvgIpc) is 3.17. The van der Waals surface area contributed by atoms with Gasteiger partial charge in [-0.2, -0.15) is 8.42 Å². The number of hydrogen-bond acceptors (Lipinski definition) is 11. The number of hydrogen-bond donors (Lipinski definition) is 4.